The van der Waals surface area contributed by atoms with Crippen molar-refractivity contribution in [2.75, 3.05) is 0 Å². The van der Waals surface area contributed by atoms with Gasteiger partial charge in [-0.1, -0.05) is 41.2 Å². The zero-order chi connectivity index (χ0) is 10.1. The molecule has 72 valence electrons. The highest BCUT2D eigenvalue weighted by atomic mass is 35.5. The van der Waals surface area contributed by atoms with E-state index >= 15 is 0 Å². The number of halogens is 5. The first-order valence-corrected chi connectivity index (χ1v) is 4.29. The lowest BCUT2D eigenvalue weighted by Crippen LogP contribution is -2.19. The van der Waals surface area contributed by atoms with Gasteiger partial charge in [0, 0.05) is 10.0 Å². The van der Waals surface area contributed by atoms with Crippen molar-refractivity contribution in [2.24, 2.45) is 0 Å². The van der Waals surface area contributed by atoms with Gasteiger partial charge in [0.05, 0.1) is 0 Å². The van der Waals surface area contributed by atoms with Crippen molar-refractivity contribution in [3.63, 3.8) is 0 Å². The van der Waals surface area contributed by atoms with Crippen LogP contribution in [0.4, 0.5) is 12.9 Å². The monoisotopic (exact) mass is 227 g/mol. The van der Waals surface area contributed by atoms with Gasteiger partial charge in [-0.3, -0.25) is 0 Å². The summed E-state index contributed by atoms with van der Waals surface area (Å²) in [5.74, 6) is 0. The van der Waals surface area contributed by atoms with Crippen molar-refractivity contribution in [3.8, 4) is 0 Å². The predicted molar refractivity (Wildman–Crippen MR) is 49.2 cm³/mol. The van der Waals surface area contributed by atoms with E-state index in [1.54, 1.807) is 0 Å². The Morgan fingerprint density at radius 2 is 1.77 bits per heavy atom. The van der Waals surface area contributed by atoms with Crippen LogP contribution in [0.25, 0.3) is 0 Å². The predicted octanol–water partition coefficient (Wildman–Crippen LogP) is 3.92. The van der Waals surface area contributed by atoms with Crippen LogP contribution in [0.15, 0.2) is 18.2 Å². The van der Waals surface area contributed by atoms with E-state index in [1.165, 1.54) is 18.2 Å². The normalized spacial score (nSPS) is 11.8. The number of hydrogen-bond acceptors (Lipinski definition) is 0. The molecule has 0 saturated heterocycles. The molecule has 0 heterocycles. The van der Waals surface area contributed by atoms with Gasteiger partial charge < -0.3 is 12.9 Å². The highest BCUT2D eigenvalue weighted by Crippen LogP contribution is 2.25. The molecule has 0 aliphatic carbocycles. The second-order valence-corrected chi connectivity index (χ2v) is 3.49. The molecule has 6 heteroatoms. The third-order valence-corrected chi connectivity index (χ3v) is 2.05. The smallest absolute Gasteiger partial charge is 0.449 e. The van der Waals surface area contributed by atoms with E-state index in [2.05, 4.69) is 0 Å². The fourth-order valence-corrected chi connectivity index (χ4v) is 1.42. The molecule has 0 aliphatic rings. The molecule has 0 atom stereocenters. The Morgan fingerprint density at radius 3 is 2.23 bits per heavy atom. The van der Waals surface area contributed by atoms with Gasteiger partial charge in [0.2, 0.25) is 0 Å². The summed E-state index contributed by atoms with van der Waals surface area (Å²) in [6.45, 7) is -4.84. The summed E-state index contributed by atoms with van der Waals surface area (Å²) < 4.78 is 36.0. The van der Waals surface area contributed by atoms with Crippen LogP contribution in [0.5, 0.6) is 0 Å². The zero-order valence-corrected chi connectivity index (χ0v) is 7.92. The maximum atomic E-state index is 12.0. The van der Waals surface area contributed by atoms with Gasteiger partial charge in [-0.15, -0.1) is 0 Å². The quantitative estimate of drug-likeness (QED) is 0.672. The Hall–Kier alpha value is -0.345. The lowest BCUT2D eigenvalue weighted by molar-refractivity contribution is 0.468. The van der Waals surface area contributed by atoms with E-state index in [-0.39, 0.29) is 10.6 Å². The lowest BCUT2D eigenvalue weighted by Gasteiger charge is -2.14. The van der Waals surface area contributed by atoms with Gasteiger partial charge in [0.15, 0.2) is 0 Å². The molecular weight excluding hydrogens is 223 g/mol. The zero-order valence-electron chi connectivity index (χ0n) is 6.41. The van der Waals surface area contributed by atoms with Gasteiger partial charge in [-0.05, 0) is 12.1 Å². The third kappa shape index (κ3) is 3.49. The average Bonchev–Trinajstić information content (AvgIpc) is 1.93. The molecule has 0 fully saturated rings. The molecule has 0 radical (unpaired) electrons. The summed E-state index contributed by atoms with van der Waals surface area (Å²) in [6.07, 6.45) is -0.962. The molecule has 0 bridgehead atoms. The highest BCUT2D eigenvalue weighted by molar-refractivity contribution is 6.58. The number of benzene rings is 1. The van der Waals surface area contributed by atoms with Gasteiger partial charge >= 0.3 is 6.98 Å². The topological polar surface area (TPSA) is 0 Å². The van der Waals surface area contributed by atoms with E-state index in [0.29, 0.717) is 5.02 Å². The molecule has 0 spiro atoms. The molecule has 0 saturated carbocycles. The molecule has 0 aliphatic heterocycles. The largest absolute Gasteiger partial charge is 0.482 e. The van der Waals surface area contributed by atoms with E-state index < -0.39 is 13.3 Å². The molecule has 0 unspecified atom stereocenters. The van der Waals surface area contributed by atoms with Crippen LogP contribution in [-0.2, 0) is 6.32 Å². The van der Waals surface area contributed by atoms with E-state index in [1.807, 2.05) is 0 Å². The molecule has 1 rings (SSSR count). The minimum Gasteiger partial charge on any atom is -0.449 e. The number of rotatable bonds is 2. The Balaban J connectivity index is 2.90. The summed E-state index contributed by atoms with van der Waals surface area (Å²) in [7, 11) is 0. The Kier molecular flexibility index (Phi) is 3.14. The van der Waals surface area contributed by atoms with Crippen molar-refractivity contribution in [2.45, 2.75) is 6.32 Å². The van der Waals surface area contributed by atoms with Crippen LogP contribution < -0.4 is 0 Å². The SMILES string of the molecule is F[B-](F)(F)Cc1ccc(Cl)cc1Cl. The molecule has 1 aromatic rings. The van der Waals surface area contributed by atoms with E-state index in [9.17, 15) is 12.9 Å². The van der Waals surface area contributed by atoms with Gasteiger partial charge in [0.25, 0.3) is 0 Å². The lowest BCUT2D eigenvalue weighted by atomic mass is 9.82. The molecule has 0 aromatic heterocycles. The van der Waals surface area contributed by atoms with Crippen LogP contribution in [-0.4, -0.2) is 6.98 Å². The fraction of sp³-hybridized carbons (Fsp3) is 0.143. The number of hydrogen-bond donors (Lipinski definition) is 0. The van der Waals surface area contributed by atoms with E-state index in [0.717, 1.165) is 0 Å². The van der Waals surface area contributed by atoms with Crippen LogP contribution >= 0.6 is 23.2 Å². The molecular formula is C7H5BCl2F3-. The van der Waals surface area contributed by atoms with Crippen LogP contribution in [0.1, 0.15) is 5.56 Å². The van der Waals surface area contributed by atoms with Crippen LogP contribution in [0.2, 0.25) is 10.0 Å². The van der Waals surface area contributed by atoms with E-state index in [4.69, 9.17) is 23.2 Å². The first kappa shape index (κ1) is 10.7. The van der Waals surface area contributed by atoms with Crippen LogP contribution in [0, 0.1) is 0 Å². The second kappa shape index (κ2) is 3.80. The van der Waals surface area contributed by atoms with Gasteiger partial charge in [0.1, 0.15) is 0 Å². The van der Waals surface area contributed by atoms with Gasteiger partial charge in [-0.25, -0.2) is 0 Å². The van der Waals surface area contributed by atoms with Gasteiger partial charge in [-0.2, -0.15) is 0 Å². The standard InChI is InChI=1S/C7H5BCl2F3/c9-6-2-1-5(7(10)3-6)4-8(11,12)13/h1-3H,4H2/q-1. The Morgan fingerprint density at radius 1 is 1.15 bits per heavy atom. The third-order valence-electron chi connectivity index (χ3n) is 1.47. The fourth-order valence-electron chi connectivity index (χ4n) is 0.937. The van der Waals surface area contributed by atoms with Crippen LogP contribution in [0.3, 0.4) is 0 Å². The molecule has 0 nitrogen and oxygen atoms in total. The first-order valence-electron chi connectivity index (χ1n) is 3.53. The molecule has 1 aromatic carbocycles. The summed E-state index contributed by atoms with van der Waals surface area (Å²) >= 11 is 11.1. The highest BCUT2D eigenvalue weighted by Gasteiger charge is 2.24. The van der Waals surface area contributed by atoms with Crippen molar-refractivity contribution in [1.29, 1.82) is 0 Å². The Labute approximate surface area is 83.7 Å². The Bertz CT molecular complexity index is 311. The van der Waals surface area contributed by atoms with Crippen molar-refractivity contribution < 1.29 is 12.9 Å². The molecule has 0 N–H and O–H groups in total. The summed E-state index contributed by atoms with van der Waals surface area (Å²) in [5, 5.41) is 0.398. The first-order chi connectivity index (χ1) is 5.88. The maximum absolute atomic E-state index is 12.0. The summed E-state index contributed by atoms with van der Waals surface area (Å²) in [6, 6.07) is 3.99. The second-order valence-electron chi connectivity index (χ2n) is 2.65. The van der Waals surface area contributed by atoms with Crippen molar-refractivity contribution >= 4 is 30.2 Å². The summed E-state index contributed by atoms with van der Waals surface area (Å²) in [5.41, 5.74) is 0.0681. The maximum Gasteiger partial charge on any atom is 0.482 e. The molecule has 0 amide bonds. The minimum absolute atomic E-state index is 0.0618. The van der Waals surface area contributed by atoms with Crippen molar-refractivity contribution in [1.82, 2.24) is 0 Å². The molecule has 13 heavy (non-hydrogen) atoms. The summed E-state index contributed by atoms with van der Waals surface area (Å²) in [4.78, 5) is 0. The minimum atomic E-state index is -4.84. The average molecular weight is 228 g/mol. The van der Waals surface area contributed by atoms with Crippen molar-refractivity contribution in [3.05, 3.63) is 33.8 Å².